The van der Waals surface area contributed by atoms with E-state index in [0.29, 0.717) is 17.8 Å². The number of rotatable bonds is 3. The largest absolute Gasteiger partial charge is 0.481 e. The zero-order chi connectivity index (χ0) is 8.06. The van der Waals surface area contributed by atoms with Crippen LogP contribution in [0.25, 0.3) is 0 Å². The summed E-state index contributed by atoms with van der Waals surface area (Å²) in [6, 6.07) is 0. The monoisotopic (exact) mass is 154 g/mol. The number of aliphatic carboxylic acids is 1. The summed E-state index contributed by atoms with van der Waals surface area (Å²) in [4.78, 5) is 10.4. The molecule has 0 bridgehead atoms. The normalized spacial score (nSPS) is 42.1. The lowest BCUT2D eigenvalue weighted by molar-refractivity contribution is -0.137. The Morgan fingerprint density at radius 2 is 2.27 bits per heavy atom. The molecule has 2 aliphatic rings. The van der Waals surface area contributed by atoms with Crippen molar-refractivity contribution in [2.45, 2.75) is 32.6 Å². The number of carboxylic acids is 1. The van der Waals surface area contributed by atoms with Gasteiger partial charge in [-0.15, -0.1) is 0 Å². The third-order valence-corrected chi connectivity index (χ3v) is 3.39. The molecule has 2 fully saturated rings. The van der Waals surface area contributed by atoms with E-state index in [4.69, 9.17) is 5.11 Å². The summed E-state index contributed by atoms with van der Waals surface area (Å²) in [7, 11) is 0. The Balaban J connectivity index is 1.87. The Hall–Kier alpha value is -0.530. The molecule has 0 heterocycles. The van der Waals surface area contributed by atoms with E-state index in [2.05, 4.69) is 6.92 Å². The minimum atomic E-state index is -0.626. The lowest BCUT2D eigenvalue weighted by atomic mass is 9.99. The SMILES string of the molecule is CC1(C2CC2)CC1CC(=O)O. The van der Waals surface area contributed by atoms with Gasteiger partial charge < -0.3 is 5.11 Å². The zero-order valence-electron chi connectivity index (χ0n) is 6.84. The van der Waals surface area contributed by atoms with Gasteiger partial charge in [-0.2, -0.15) is 0 Å². The fourth-order valence-corrected chi connectivity index (χ4v) is 2.23. The van der Waals surface area contributed by atoms with Crippen molar-refractivity contribution in [3.05, 3.63) is 0 Å². The van der Waals surface area contributed by atoms with E-state index >= 15 is 0 Å². The summed E-state index contributed by atoms with van der Waals surface area (Å²) < 4.78 is 0. The lowest BCUT2D eigenvalue weighted by Gasteiger charge is -2.06. The van der Waals surface area contributed by atoms with Gasteiger partial charge in [0.2, 0.25) is 0 Å². The first-order chi connectivity index (χ1) is 5.13. The van der Waals surface area contributed by atoms with Gasteiger partial charge in [0.15, 0.2) is 0 Å². The van der Waals surface area contributed by atoms with Gasteiger partial charge in [0.05, 0.1) is 0 Å². The van der Waals surface area contributed by atoms with E-state index in [-0.39, 0.29) is 0 Å². The quantitative estimate of drug-likeness (QED) is 0.674. The van der Waals surface area contributed by atoms with Crippen LogP contribution in [0.1, 0.15) is 32.6 Å². The minimum absolute atomic E-state index is 0.396. The molecule has 0 aromatic carbocycles. The van der Waals surface area contributed by atoms with Crippen molar-refractivity contribution in [1.82, 2.24) is 0 Å². The minimum Gasteiger partial charge on any atom is -0.481 e. The third-order valence-electron chi connectivity index (χ3n) is 3.39. The van der Waals surface area contributed by atoms with Gasteiger partial charge >= 0.3 is 5.97 Å². The van der Waals surface area contributed by atoms with Gasteiger partial charge in [0.1, 0.15) is 0 Å². The molecule has 2 nitrogen and oxygen atoms in total. The second-order valence-corrected chi connectivity index (χ2v) is 4.28. The van der Waals surface area contributed by atoms with Crippen LogP contribution in [0.2, 0.25) is 0 Å². The summed E-state index contributed by atoms with van der Waals surface area (Å²) in [5, 5.41) is 8.56. The van der Waals surface area contributed by atoms with Crippen LogP contribution in [-0.4, -0.2) is 11.1 Å². The maximum absolute atomic E-state index is 10.4. The van der Waals surface area contributed by atoms with E-state index in [1.165, 1.54) is 12.8 Å². The van der Waals surface area contributed by atoms with E-state index in [0.717, 1.165) is 12.3 Å². The van der Waals surface area contributed by atoms with Gasteiger partial charge in [-0.1, -0.05) is 6.92 Å². The van der Waals surface area contributed by atoms with E-state index in [9.17, 15) is 4.79 Å². The lowest BCUT2D eigenvalue weighted by Crippen LogP contribution is -2.04. The fraction of sp³-hybridized carbons (Fsp3) is 0.889. The van der Waals surface area contributed by atoms with Crippen LogP contribution in [0.3, 0.4) is 0 Å². The molecule has 1 N–H and O–H groups in total. The van der Waals surface area contributed by atoms with Crippen molar-refractivity contribution >= 4 is 5.97 Å². The first kappa shape index (κ1) is 7.14. The average molecular weight is 154 g/mol. The highest BCUT2D eigenvalue weighted by molar-refractivity contribution is 5.67. The van der Waals surface area contributed by atoms with Crippen LogP contribution in [0, 0.1) is 17.3 Å². The average Bonchev–Trinajstić information content (AvgIpc) is 2.66. The molecule has 11 heavy (non-hydrogen) atoms. The molecule has 2 atom stereocenters. The van der Waals surface area contributed by atoms with Crippen molar-refractivity contribution < 1.29 is 9.90 Å². The Bertz CT molecular complexity index is 196. The second kappa shape index (κ2) is 1.99. The van der Waals surface area contributed by atoms with Gasteiger partial charge in [-0.05, 0) is 36.5 Å². The molecule has 0 saturated heterocycles. The smallest absolute Gasteiger partial charge is 0.303 e. The van der Waals surface area contributed by atoms with Crippen molar-refractivity contribution in [2.24, 2.45) is 17.3 Å². The van der Waals surface area contributed by atoms with Crippen molar-refractivity contribution in [1.29, 1.82) is 0 Å². The van der Waals surface area contributed by atoms with Gasteiger partial charge in [-0.3, -0.25) is 4.79 Å². The first-order valence-corrected chi connectivity index (χ1v) is 4.35. The summed E-state index contributed by atoms with van der Waals surface area (Å²) in [6.07, 6.45) is 4.23. The molecular formula is C9H14O2. The topological polar surface area (TPSA) is 37.3 Å². The van der Waals surface area contributed by atoms with Crippen molar-refractivity contribution in [3.63, 3.8) is 0 Å². The standard InChI is InChI=1S/C9H14O2/c1-9(6-2-3-6)5-7(9)4-8(10)11/h6-7H,2-5H2,1H3,(H,10,11). The Labute approximate surface area is 66.6 Å². The van der Waals surface area contributed by atoms with Gasteiger partial charge in [-0.25, -0.2) is 0 Å². The third kappa shape index (κ3) is 1.15. The highest BCUT2D eigenvalue weighted by Gasteiger charge is 2.58. The second-order valence-electron chi connectivity index (χ2n) is 4.28. The predicted molar refractivity (Wildman–Crippen MR) is 41.2 cm³/mol. The maximum atomic E-state index is 10.4. The van der Waals surface area contributed by atoms with Crippen LogP contribution < -0.4 is 0 Å². The molecule has 2 unspecified atom stereocenters. The van der Waals surface area contributed by atoms with E-state index < -0.39 is 5.97 Å². The molecule has 2 rings (SSSR count). The number of carboxylic acid groups (broad SMARTS) is 1. The summed E-state index contributed by atoms with van der Waals surface area (Å²) in [6.45, 7) is 2.25. The fourth-order valence-electron chi connectivity index (χ4n) is 2.23. The van der Waals surface area contributed by atoms with Crippen molar-refractivity contribution in [3.8, 4) is 0 Å². The highest BCUT2D eigenvalue weighted by atomic mass is 16.4. The summed E-state index contributed by atoms with van der Waals surface area (Å²) >= 11 is 0. The molecule has 0 aliphatic heterocycles. The Morgan fingerprint density at radius 3 is 2.73 bits per heavy atom. The summed E-state index contributed by atoms with van der Waals surface area (Å²) in [5.41, 5.74) is 0.429. The summed E-state index contributed by atoms with van der Waals surface area (Å²) in [5.74, 6) is 0.735. The van der Waals surface area contributed by atoms with Crippen LogP contribution >= 0.6 is 0 Å². The van der Waals surface area contributed by atoms with Gasteiger partial charge in [0.25, 0.3) is 0 Å². The highest BCUT2D eigenvalue weighted by Crippen LogP contribution is 2.66. The molecule has 0 amide bonds. The zero-order valence-corrected chi connectivity index (χ0v) is 6.84. The number of carbonyl (C=O) groups is 1. The van der Waals surface area contributed by atoms with Crippen LogP contribution in [0.15, 0.2) is 0 Å². The maximum Gasteiger partial charge on any atom is 0.303 e. The molecule has 2 heteroatoms. The molecule has 2 saturated carbocycles. The van der Waals surface area contributed by atoms with Gasteiger partial charge in [0, 0.05) is 6.42 Å². The molecule has 0 spiro atoms. The molecule has 62 valence electrons. The molecule has 0 aromatic rings. The Kier molecular flexibility index (Phi) is 1.29. The first-order valence-electron chi connectivity index (χ1n) is 4.35. The molecule has 2 aliphatic carbocycles. The van der Waals surface area contributed by atoms with E-state index in [1.807, 2.05) is 0 Å². The van der Waals surface area contributed by atoms with E-state index in [1.54, 1.807) is 0 Å². The van der Waals surface area contributed by atoms with Crippen LogP contribution in [0.4, 0.5) is 0 Å². The number of hydrogen-bond acceptors (Lipinski definition) is 1. The molecule has 0 radical (unpaired) electrons. The Morgan fingerprint density at radius 1 is 1.64 bits per heavy atom. The van der Waals surface area contributed by atoms with Crippen LogP contribution in [-0.2, 0) is 4.79 Å². The predicted octanol–water partition coefficient (Wildman–Crippen LogP) is 1.90. The van der Waals surface area contributed by atoms with Crippen molar-refractivity contribution in [2.75, 3.05) is 0 Å². The molecule has 0 aromatic heterocycles. The number of hydrogen-bond donors (Lipinski definition) is 1. The van der Waals surface area contributed by atoms with Crippen LogP contribution in [0.5, 0.6) is 0 Å². The molecular weight excluding hydrogens is 140 g/mol.